The zero-order chi connectivity index (χ0) is 12.7. The Morgan fingerprint density at radius 2 is 2.33 bits per heavy atom. The Kier molecular flexibility index (Phi) is 2.55. The highest BCUT2D eigenvalue weighted by molar-refractivity contribution is 8.15. The number of nitrogens with zero attached hydrogens (tertiary/aromatic N) is 1. The smallest absolute Gasteiger partial charge is 0.285 e. The number of hydrogen-bond donors (Lipinski definition) is 3. The Bertz CT molecular complexity index is 546. The van der Waals surface area contributed by atoms with E-state index in [4.69, 9.17) is 4.74 Å². The summed E-state index contributed by atoms with van der Waals surface area (Å²) in [5.41, 5.74) is 3.90. The molecule has 7 heteroatoms. The fourth-order valence-electron chi connectivity index (χ4n) is 2.04. The van der Waals surface area contributed by atoms with Crippen LogP contribution in [0.25, 0.3) is 0 Å². The average Bonchev–Trinajstić information content (AvgIpc) is 2.89. The van der Waals surface area contributed by atoms with Gasteiger partial charge in [0.25, 0.3) is 5.24 Å². The van der Waals surface area contributed by atoms with Gasteiger partial charge in [0.2, 0.25) is 0 Å². The van der Waals surface area contributed by atoms with Gasteiger partial charge in [0.1, 0.15) is 5.84 Å². The highest BCUT2D eigenvalue weighted by atomic mass is 32.2. The third-order valence-electron chi connectivity index (χ3n) is 2.92. The molecule has 2 atom stereocenters. The van der Waals surface area contributed by atoms with E-state index < -0.39 is 0 Å². The van der Waals surface area contributed by atoms with Crippen LogP contribution in [0.1, 0.15) is 11.6 Å². The zero-order valence-corrected chi connectivity index (χ0v) is 10.3. The molecule has 1 aromatic carbocycles. The van der Waals surface area contributed by atoms with Crippen molar-refractivity contribution in [3.8, 4) is 11.5 Å². The van der Waals surface area contributed by atoms with E-state index in [1.807, 2.05) is 0 Å². The molecular weight excluding hydrogens is 254 g/mol. The first kappa shape index (κ1) is 11.2. The maximum Gasteiger partial charge on any atom is 0.285 e. The summed E-state index contributed by atoms with van der Waals surface area (Å²) in [6, 6.07) is 5.01. The van der Waals surface area contributed by atoms with Crippen LogP contribution in [0.4, 0.5) is 4.79 Å². The first-order valence-corrected chi connectivity index (χ1v) is 6.24. The monoisotopic (exact) mass is 265 g/mol. The van der Waals surface area contributed by atoms with Crippen molar-refractivity contribution >= 4 is 22.8 Å². The standard InChI is InChI=1S/C11H11N3O3S/c1-17-7-4-5(2-3-6(7)15)8-9-10(14-13-8)12-11(16)18-9/h2-4,8-9,13,15H,1H3,(H,12,14,16)/t8-,9+/m1/s1. The maximum absolute atomic E-state index is 11.3. The Balaban J connectivity index is 1.90. The summed E-state index contributed by atoms with van der Waals surface area (Å²) in [7, 11) is 1.50. The van der Waals surface area contributed by atoms with Gasteiger partial charge in [0.15, 0.2) is 11.5 Å². The Morgan fingerprint density at radius 3 is 3.11 bits per heavy atom. The van der Waals surface area contributed by atoms with Crippen LogP contribution in [0.2, 0.25) is 0 Å². The Labute approximate surface area is 107 Å². The molecule has 2 aliphatic rings. The van der Waals surface area contributed by atoms with E-state index in [2.05, 4.69) is 15.8 Å². The summed E-state index contributed by atoms with van der Waals surface area (Å²) in [5.74, 6) is 1.15. The molecule has 2 heterocycles. The van der Waals surface area contributed by atoms with E-state index in [-0.39, 0.29) is 22.3 Å². The predicted molar refractivity (Wildman–Crippen MR) is 67.9 cm³/mol. The van der Waals surface area contributed by atoms with Crippen molar-refractivity contribution in [2.24, 2.45) is 5.10 Å². The van der Waals surface area contributed by atoms with Crippen LogP contribution in [0, 0.1) is 0 Å². The number of rotatable bonds is 2. The third-order valence-corrected chi connectivity index (χ3v) is 3.99. The molecule has 0 saturated carbocycles. The zero-order valence-electron chi connectivity index (χ0n) is 9.51. The molecule has 1 aromatic rings. The second kappa shape index (κ2) is 4.09. The van der Waals surface area contributed by atoms with Crippen LogP contribution in [0.5, 0.6) is 11.5 Å². The van der Waals surface area contributed by atoms with Crippen molar-refractivity contribution in [1.29, 1.82) is 0 Å². The number of fused-ring (bicyclic) bond motifs is 1. The number of hydrazone groups is 1. The number of phenols is 1. The topological polar surface area (TPSA) is 83.0 Å². The molecule has 1 saturated heterocycles. The molecule has 1 amide bonds. The molecule has 0 aromatic heterocycles. The van der Waals surface area contributed by atoms with Crippen LogP contribution in [0.15, 0.2) is 23.3 Å². The molecule has 0 radical (unpaired) electrons. The fourth-order valence-corrected chi connectivity index (χ4v) is 3.01. The lowest BCUT2D eigenvalue weighted by Crippen LogP contribution is -2.25. The highest BCUT2D eigenvalue weighted by Gasteiger charge is 2.41. The summed E-state index contributed by atoms with van der Waals surface area (Å²) in [5, 5.41) is 16.2. The van der Waals surface area contributed by atoms with Gasteiger partial charge in [-0.25, -0.2) is 0 Å². The fraction of sp³-hybridized carbons (Fsp3) is 0.273. The number of ether oxygens (including phenoxy) is 1. The molecule has 2 aliphatic heterocycles. The van der Waals surface area contributed by atoms with Crippen LogP contribution in [0.3, 0.4) is 0 Å². The molecular formula is C11H11N3O3S. The minimum Gasteiger partial charge on any atom is -0.504 e. The molecule has 94 valence electrons. The number of amides is 1. The summed E-state index contributed by atoms with van der Waals surface area (Å²) in [4.78, 5) is 11.3. The van der Waals surface area contributed by atoms with Gasteiger partial charge in [-0.3, -0.25) is 10.2 Å². The molecule has 0 unspecified atom stereocenters. The van der Waals surface area contributed by atoms with Crippen molar-refractivity contribution in [3.63, 3.8) is 0 Å². The van der Waals surface area contributed by atoms with Gasteiger partial charge in [-0.1, -0.05) is 17.8 Å². The maximum atomic E-state index is 11.3. The number of amidine groups is 1. The number of nitrogens with one attached hydrogen (secondary N) is 2. The number of carbonyl (C=O) groups excluding carboxylic acids is 1. The van der Waals surface area contributed by atoms with E-state index in [1.54, 1.807) is 18.2 Å². The minimum atomic E-state index is -0.0987. The van der Waals surface area contributed by atoms with Crippen LogP contribution in [-0.2, 0) is 0 Å². The van der Waals surface area contributed by atoms with E-state index in [0.717, 1.165) is 5.56 Å². The molecule has 6 nitrogen and oxygen atoms in total. The summed E-state index contributed by atoms with van der Waals surface area (Å²) in [6.45, 7) is 0. The van der Waals surface area contributed by atoms with Gasteiger partial charge < -0.3 is 15.2 Å². The molecule has 0 aliphatic carbocycles. The number of hydrogen-bond acceptors (Lipinski definition) is 6. The van der Waals surface area contributed by atoms with E-state index in [0.29, 0.717) is 11.6 Å². The predicted octanol–water partition coefficient (Wildman–Crippen LogP) is 1.18. The molecule has 0 bridgehead atoms. The average molecular weight is 265 g/mol. The number of aromatic hydroxyl groups is 1. The quantitative estimate of drug-likeness (QED) is 0.748. The van der Waals surface area contributed by atoms with Gasteiger partial charge in [0, 0.05) is 0 Å². The van der Waals surface area contributed by atoms with Crippen molar-refractivity contribution < 1.29 is 14.6 Å². The number of methoxy groups -OCH3 is 1. The van der Waals surface area contributed by atoms with E-state index in [9.17, 15) is 9.90 Å². The Morgan fingerprint density at radius 1 is 1.50 bits per heavy atom. The van der Waals surface area contributed by atoms with Gasteiger partial charge in [0.05, 0.1) is 18.4 Å². The molecule has 3 rings (SSSR count). The second-order valence-electron chi connectivity index (χ2n) is 3.99. The van der Waals surface area contributed by atoms with Crippen molar-refractivity contribution in [3.05, 3.63) is 23.8 Å². The molecule has 18 heavy (non-hydrogen) atoms. The Hall–Kier alpha value is -1.89. The molecule has 3 N–H and O–H groups in total. The number of carbonyl (C=O) groups is 1. The number of phenolic OH excluding ortho intramolecular Hbond substituents is 1. The van der Waals surface area contributed by atoms with Crippen LogP contribution >= 0.6 is 11.8 Å². The third kappa shape index (κ3) is 1.67. The van der Waals surface area contributed by atoms with Gasteiger partial charge in [-0.05, 0) is 17.7 Å². The van der Waals surface area contributed by atoms with Gasteiger partial charge in [-0.2, -0.15) is 5.10 Å². The summed E-state index contributed by atoms with van der Waals surface area (Å²) < 4.78 is 5.07. The lowest BCUT2D eigenvalue weighted by molar-refractivity contribution is 0.265. The summed E-state index contributed by atoms with van der Waals surface area (Å²) in [6.07, 6.45) is 0. The minimum absolute atomic E-state index is 0.0493. The number of thioether (sulfide) groups is 1. The van der Waals surface area contributed by atoms with Gasteiger partial charge >= 0.3 is 0 Å². The van der Waals surface area contributed by atoms with E-state index in [1.165, 1.54) is 18.9 Å². The largest absolute Gasteiger partial charge is 0.504 e. The SMILES string of the molecule is COc1cc([C@H]2NN=C3NC(=O)S[C@H]32)ccc1O. The van der Waals surface area contributed by atoms with Crippen molar-refractivity contribution in [2.75, 3.05) is 7.11 Å². The van der Waals surface area contributed by atoms with Crippen molar-refractivity contribution in [2.45, 2.75) is 11.3 Å². The van der Waals surface area contributed by atoms with Crippen LogP contribution in [-0.4, -0.2) is 28.5 Å². The first-order chi connectivity index (χ1) is 8.69. The first-order valence-electron chi connectivity index (χ1n) is 5.36. The lowest BCUT2D eigenvalue weighted by Gasteiger charge is -2.16. The summed E-state index contributed by atoms with van der Waals surface area (Å²) >= 11 is 1.21. The number of benzene rings is 1. The van der Waals surface area contributed by atoms with Crippen LogP contribution < -0.4 is 15.5 Å². The van der Waals surface area contributed by atoms with E-state index >= 15 is 0 Å². The lowest BCUT2D eigenvalue weighted by atomic mass is 10.0. The van der Waals surface area contributed by atoms with Gasteiger partial charge in [-0.15, -0.1) is 0 Å². The highest BCUT2D eigenvalue weighted by Crippen LogP contribution is 2.37. The van der Waals surface area contributed by atoms with Crippen molar-refractivity contribution in [1.82, 2.24) is 10.7 Å². The second-order valence-corrected chi connectivity index (χ2v) is 5.10. The molecule has 0 spiro atoms. The normalized spacial score (nSPS) is 25.2. The molecule has 1 fully saturated rings.